The van der Waals surface area contributed by atoms with E-state index in [-0.39, 0.29) is 24.1 Å². The van der Waals surface area contributed by atoms with E-state index in [1.54, 1.807) is 6.07 Å². The van der Waals surface area contributed by atoms with E-state index in [0.29, 0.717) is 30.4 Å². The largest absolute Gasteiger partial charge is 0.486 e. The Morgan fingerprint density at radius 2 is 1.90 bits per heavy atom. The Bertz CT molecular complexity index is 1190. The van der Waals surface area contributed by atoms with Crippen molar-refractivity contribution in [1.82, 2.24) is 15.1 Å². The zero-order valence-corrected chi connectivity index (χ0v) is 17.0. The van der Waals surface area contributed by atoms with Gasteiger partial charge in [0.1, 0.15) is 19.8 Å². The molecule has 0 spiro atoms. The number of aryl methyl sites for hydroxylation is 1. The lowest BCUT2D eigenvalue weighted by Crippen LogP contribution is -2.36. The number of nitrogens with zero attached hydrogens (tertiary/aromatic N) is 2. The molecule has 0 saturated carbocycles. The fraction of sp³-hybridized carbons (Fsp3) is 0.292. The number of fused-ring (bicyclic) bond motifs is 2. The molecule has 158 valence electrons. The zero-order valence-electron chi connectivity index (χ0n) is 17.0. The van der Waals surface area contributed by atoms with Crippen molar-refractivity contribution in [3.05, 3.63) is 76.1 Å². The minimum Gasteiger partial charge on any atom is -0.486 e. The lowest BCUT2D eigenvalue weighted by molar-refractivity contribution is -0.122. The number of rotatable bonds is 4. The predicted octanol–water partition coefficient (Wildman–Crippen LogP) is 2.88. The fourth-order valence-electron chi connectivity index (χ4n) is 4.20. The number of carbonyl (C=O) groups excluding carboxylic acids is 1. The van der Waals surface area contributed by atoms with Gasteiger partial charge in [-0.3, -0.25) is 9.59 Å². The monoisotopic (exact) mass is 417 g/mol. The van der Waals surface area contributed by atoms with Crippen molar-refractivity contribution in [2.75, 3.05) is 13.2 Å². The van der Waals surface area contributed by atoms with E-state index in [2.05, 4.69) is 22.5 Å². The molecule has 1 N–H and O–H groups in total. The summed E-state index contributed by atoms with van der Waals surface area (Å²) in [6.45, 7) is 0.889. The van der Waals surface area contributed by atoms with Gasteiger partial charge in [0, 0.05) is 11.6 Å². The Labute approximate surface area is 179 Å². The molecule has 2 aliphatic rings. The van der Waals surface area contributed by atoms with Crippen LogP contribution in [0.4, 0.5) is 0 Å². The minimum absolute atomic E-state index is 0.0332. The number of ether oxygens (including phenoxy) is 2. The van der Waals surface area contributed by atoms with E-state index in [0.717, 1.165) is 30.4 Å². The third kappa shape index (κ3) is 4.03. The molecule has 0 radical (unpaired) electrons. The molecule has 2 heterocycles. The highest BCUT2D eigenvalue weighted by Crippen LogP contribution is 2.33. The Kier molecular flexibility index (Phi) is 5.16. The lowest BCUT2D eigenvalue weighted by Gasteiger charge is -2.26. The summed E-state index contributed by atoms with van der Waals surface area (Å²) >= 11 is 0. The first-order valence-corrected chi connectivity index (χ1v) is 10.5. The molecule has 1 aliphatic heterocycles. The number of benzene rings is 2. The highest BCUT2D eigenvalue weighted by molar-refractivity contribution is 5.76. The summed E-state index contributed by atoms with van der Waals surface area (Å²) in [6.07, 6.45) is 2.95. The van der Waals surface area contributed by atoms with Crippen molar-refractivity contribution >= 4 is 5.91 Å². The van der Waals surface area contributed by atoms with Gasteiger partial charge < -0.3 is 14.8 Å². The van der Waals surface area contributed by atoms with Crippen molar-refractivity contribution in [2.45, 2.75) is 31.8 Å². The normalized spacial score (nSPS) is 17.0. The van der Waals surface area contributed by atoms with E-state index >= 15 is 0 Å². The minimum atomic E-state index is -0.319. The van der Waals surface area contributed by atoms with Crippen LogP contribution in [0.15, 0.2) is 59.4 Å². The quantitative estimate of drug-likeness (QED) is 0.706. The molecule has 1 unspecified atom stereocenters. The number of hydrogen-bond donors (Lipinski definition) is 1. The van der Waals surface area contributed by atoms with Crippen LogP contribution in [0.3, 0.4) is 0 Å². The molecule has 0 bridgehead atoms. The molecule has 5 rings (SSSR count). The third-order valence-electron chi connectivity index (χ3n) is 5.70. The fourth-order valence-corrected chi connectivity index (χ4v) is 4.20. The summed E-state index contributed by atoms with van der Waals surface area (Å²) < 4.78 is 12.4. The first-order chi connectivity index (χ1) is 15.2. The SMILES string of the molecule is O=C(Cn1nc(-c2ccc3c(c2)OCCO3)ccc1=O)NC1CCCc2ccccc21. The van der Waals surface area contributed by atoms with E-state index in [4.69, 9.17) is 9.47 Å². The molecule has 7 nitrogen and oxygen atoms in total. The van der Waals surface area contributed by atoms with E-state index < -0.39 is 0 Å². The lowest BCUT2D eigenvalue weighted by atomic mass is 9.88. The number of amides is 1. The molecule has 0 fully saturated rings. The van der Waals surface area contributed by atoms with Crippen molar-refractivity contribution in [1.29, 1.82) is 0 Å². The van der Waals surface area contributed by atoms with Crippen LogP contribution in [-0.4, -0.2) is 28.9 Å². The second-order valence-corrected chi connectivity index (χ2v) is 7.78. The average Bonchev–Trinajstić information content (AvgIpc) is 2.80. The first-order valence-electron chi connectivity index (χ1n) is 10.5. The molecule has 3 aromatic rings. The molecule has 7 heteroatoms. The van der Waals surface area contributed by atoms with Crippen molar-refractivity contribution in [2.24, 2.45) is 0 Å². The molecule has 2 aromatic carbocycles. The van der Waals surface area contributed by atoms with Gasteiger partial charge in [0.05, 0.1) is 11.7 Å². The predicted molar refractivity (Wildman–Crippen MR) is 115 cm³/mol. The number of hydrogen-bond acceptors (Lipinski definition) is 5. The van der Waals surface area contributed by atoms with Gasteiger partial charge in [-0.05, 0) is 54.7 Å². The van der Waals surface area contributed by atoms with Crippen LogP contribution in [-0.2, 0) is 17.8 Å². The average molecular weight is 417 g/mol. The molecule has 31 heavy (non-hydrogen) atoms. The molecular formula is C24H23N3O4. The van der Waals surface area contributed by atoms with E-state index in [9.17, 15) is 9.59 Å². The summed E-state index contributed by atoms with van der Waals surface area (Å²) in [6, 6.07) is 16.8. The Hall–Kier alpha value is -3.61. The maximum Gasteiger partial charge on any atom is 0.267 e. The maximum atomic E-state index is 12.7. The molecule has 1 aliphatic carbocycles. The Morgan fingerprint density at radius 1 is 1.06 bits per heavy atom. The number of carbonyl (C=O) groups is 1. The van der Waals surface area contributed by atoms with Crippen LogP contribution in [0.25, 0.3) is 11.3 Å². The van der Waals surface area contributed by atoms with Crippen molar-refractivity contribution in [3.63, 3.8) is 0 Å². The zero-order chi connectivity index (χ0) is 21.2. The summed E-state index contributed by atoms with van der Waals surface area (Å²) in [5.41, 5.74) is 3.50. The summed E-state index contributed by atoms with van der Waals surface area (Å²) in [4.78, 5) is 25.1. The highest BCUT2D eigenvalue weighted by Gasteiger charge is 2.22. The topological polar surface area (TPSA) is 82.5 Å². The van der Waals surface area contributed by atoms with Crippen molar-refractivity contribution < 1.29 is 14.3 Å². The molecule has 1 amide bonds. The van der Waals surface area contributed by atoms with Gasteiger partial charge in [-0.1, -0.05) is 24.3 Å². The highest BCUT2D eigenvalue weighted by atomic mass is 16.6. The van der Waals surface area contributed by atoms with Gasteiger partial charge in [0.2, 0.25) is 5.91 Å². The standard InChI is InChI=1S/C24H23N3O4/c28-23(25-20-7-3-5-16-4-1-2-6-18(16)20)15-27-24(29)11-9-19(26-27)17-8-10-21-22(14-17)31-13-12-30-21/h1-2,4,6,8-11,14,20H,3,5,7,12-13,15H2,(H,25,28). The maximum absolute atomic E-state index is 12.7. The van der Waals surface area contributed by atoms with Crippen LogP contribution in [0.5, 0.6) is 11.5 Å². The van der Waals surface area contributed by atoms with Gasteiger partial charge in [0.25, 0.3) is 5.56 Å². The molecule has 0 saturated heterocycles. The van der Waals surface area contributed by atoms with Gasteiger partial charge in [-0.2, -0.15) is 5.10 Å². The Balaban J connectivity index is 1.34. The second-order valence-electron chi connectivity index (χ2n) is 7.78. The third-order valence-corrected chi connectivity index (χ3v) is 5.70. The van der Waals surface area contributed by atoms with Gasteiger partial charge in [-0.15, -0.1) is 0 Å². The number of nitrogens with one attached hydrogen (secondary N) is 1. The number of aromatic nitrogens is 2. The second kappa shape index (κ2) is 8.26. The smallest absolute Gasteiger partial charge is 0.267 e. The summed E-state index contributed by atoms with van der Waals surface area (Å²) in [5, 5.41) is 7.49. The van der Waals surface area contributed by atoms with Crippen LogP contribution in [0.1, 0.15) is 30.0 Å². The first kappa shape index (κ1) is 19.4. The van der Waals surface area contributed by atoms with E-state index in [1.165, 1.54) is 16.3 Å². The molecular weight excluding hydrogens is 394 g/mol. The Morgan fingerprint density at radius 3 is 2.81 bits per heavy atom. The van der Waals surface area contributed by atoms with Gasteiger partial charge in [-0.25, -0.2) is 4.68 Å². The van der Waals surface area contributed by atoms with Gasteiger partial charge in [0.15, 0.2) is 11.5 Å². The van der Waals surface area contributed by atoms with E-state index in [1.807, 2.05) is 30.3 Å². The van der Waals surface area contributed by atoms with Crippen molar-refractivity contribution in [3.8, 4) is 22.8 Å². The van der Waals surface area contributed by atoms with Crippen LogP contribution >= 0.6 is 0 Å². The molecule has 1 aromatic heterocycles. The van der Waals surface area contributed by atoms with Crippen LogP contribution in [0.2, 0.25) is 0 Å². The van der Waals surface area contributed by atoms with Gasteiger partial charge >= 0.3 is 0 Å². The molecule has 1 atom stereocenters. The summed E-state index contributed by atoms with van der Waals surface area (Å²) in [7, 11) is 0. The van der Waals surface area contributed by atoms with Crippen LogP contribution in [0, 0.1) is 0 Å². The van der Waals surface area contributed by atoms with Crippen LogP contribution < -0.4 is 20.3 Å². The summed E-state index contributed by atoms with van der Waals surface area (Å²) in [5.74, 6) is 1.11.